The molecule has 0 amide bonds. The minimum atomic E-state index is 0.232. The Balaban J connectivity index is 1.50. The summed E-state index contributed by atoms with van der Waals surface area (Å²) >= 11 is 1.81. The highest BCUT2D eigenvalue weighted by atomic mass is 32.1. The number of fused-ring (bicyclic) bond motifs is 1. The average molecular weight is 354 g/mol. The van der Waals surface area contributed by atoms with Crippen molar-refractivity contribution in [2.45, 2.75) is 25.6 Å². The van der Waals surface area contributed by atoms with E-state index in [0.717, 1.165) is 25.1 Å². The van der Waals surface area contributed by atoms with E-state index in [1.54, 1.807) is 6.20 Å². The van der Waals surface area contributed by atoms with Crippen LogP contribution >= 0.6 is 11.3 Å². The number of hydrogen-bond acceptors (Lipinski definition) is 5. The minimum Gasteiger partial charge on any atom is -0.375 e. The Morgan fingerprint density at radius 2 is 2.28 bits per heavy atom. The third-order valence-electron chi connectivity index (χ3n) is 4.66. The molecule has 0 aliphatic carbocycles. The van der Waals surface area contributed by atoms with Crippen molar-refractivity contribution in [2.24, 2.45) is 7.05 Å². The maximum atomic E-state index is 6.07. The lowest BCUT2D eigenvalue weighted by molar-refractivity contribution is 0.0381. The molecule has 0 spiro atoms. The third-order valence-corrected chi connectivity index (χ3v) is 5.52. The predicted octanol–water partition coefficient (Wildman–Crippen LogP) is 3.19. The Hall–Kier alpha value is -2.02. The number of aryl methyl sites for hydroxylation is 1. The number of hydrogen-bond donors (Lipinski definition) is 0. The zero-order chi connectivity index (χ0) is 17.1. The van der Waals surface area contributed by atoms with Crippen LogP contribution in [0, 0.1) is 0 Å². The summed E-state index contributed by atoms with van der Waals surface area (Å²) in [5, 5.41) is 2.14. The first-order valence-corrected chi connectivity index (χ1v) is 9.42. The number of ether oxygens (including phenoxy) is 1. The van der Waals surface area contributed by atoms with Crippen LogP contribution in [-0.2, 0) is 31.4 Å². The first-order valence-electron chi connectivity index (χ1n) is 8.54. The van der Waals surface area contributed by atoms with Crippen LogP contribution < -0.4 is 0 Å². The summed E-state index contributed by atoms with van der Waals surface area (Å²) in [5.41, 5.74) is 3.60. The number of thiophene rings is 1. The number of imidazole rings is 1. The van der Waals surface area contributed by atoms with E-state index in [2.05, 4.69) is 44.0 Å². The second-order valence-electron chi connectivity index (χ2n) is 6.38. The van der Waals surface area contributed by atoms with Crippen LogP contribution in [0.15, 0.2) is 48.4 Å². The van der Waals surface area contributed by atoms with Gasteiger partial charge in [-0.2, -0.15) is 0 Å². The zero-order valence-corrected chi connectivity index (χ0v) is 15.2. The van der Waals surface area contributed by atoms with Crippen molar-refractivity contribution in [1.82, 2.24) is 19.4 Å². The van der Waals surface area contributed by atoms with E-state index in [4.69, 9.17) is 4.74 Å². The summed E-state index contributed by atoms with van der Waals surface area (Å²) in [6.45, 7) is 3.23. The zero-order valence-electron chi connectivity index (χ0n) is 14.3. The molecule has 0 aromatic carbocycles. The van der Waals surface area contributed by atoms with E-state index in [9.17, 15) is 0 Å². The molecule has 1 unspecified atom stereocenters. The van der Waals surface area contributed by atoms with Crippen molar-refractivity contribution in [3.05, 3.63) is 70.2 Å². The largest absolute Gasteiger partial charge is 0.375 e. The first kappa shape index (κ1) is 16.4. The van der Waals surface area contributed by atoms with E-state index in [1.165, 1.54) is 16.3 Å². The Labute approximate surface area is 151 Å². The predicted molar refractivity (Wildman–Crippen MR) is 98.3 cm³/mol. The van der Waals surface area contributed by atoms with Crippen LogP contribution in [0.2, 0.25) is 0 Å². The fourth-order valence-corrected chi connectivity index (χ4v) is 4.16. The van der Waals surface area contributed by atoms with Crippen molar-refractivity contribution < 1.29 is 4.74 Å². The first-order chi connectivity index (χ1) is 12.3. The third kappa shape index (κ3) is 3.66. The van der Waals surface area contributed by atoms with Gasteiger partial charge in [0.1, 0.15) is 0 Å². The van der Waals surface area contributed by atoms with Crippen LogP contribution in [0.4, 0.5) is 0 Å². The molecule has 4 heterocycles. The molecule has 5 nitrogen and oxygen atoms in total. The molecule has 130 valence electrons. The molecule has 4 rings (SSSR count). The number of pyridine rings is 1. The summed E-state index contributed by atoms with van der Waals surface area (Å²) in [6, 6.07) is 8.55. The molecule has 1 aliphatic rings. The molecule has 0 saturated heterocycles. The van der Waals surface area contributed by atoms with Crippen molar-refractivity contribution >= 4 is 11.3 Å². The Kier molecular flexibility index (Phi) is 4.92. The van der Waals surface area contributed by atoms with Gasteiger partial charge >= 0.3 is 0 Å². The fraction of sp³-hybridized carbons (Fsp3) is 0.368. The minimum absolute atomic E-state index is 0.232. The molecule has 0 bridgehead atoms. The summed E-state index contributed by atoms with van der Waals surface area (Å²) in [6.07, 6.45) is 6.57. The number of aromatic nitrogens is 3. The highest BCUT2D eigenvalue weighted by Gasteiger charge is 2.31. The van der Waals surface area contributed by atoms with Gasteiger partial charge in [-0.3, -0.25) is 9.88 Å². The van der Waals surface area contributed by atoms with Gasteiger partial charge in [-0.1, -0.05) is 12.1 Å². The standard InChI is InChI=1S/C19H22N4OS/c1-22-14-21-17-6-8-23(11-16-5-3-9-25-16)18(19(17)22)13-24-12-15-4-2-7-20-10-15/h2-5,7,9-10,14,18H,6,8,11-13H2,1H3. The smallest absolute Gasteiger partial charge is 0.0949 e. The Bertz CT molecular complexity index is 800. The van der Waals surface area contributed by atoms with Gasteiger partial charge in [0.2, 0.25) is 0 Å². The van der Waals surface area contributed by atoms with Gasteiger partial charge in [0, 0.05) is 43.8 Å². The molecule has 0 fully saturated rings. The lowest BCUT2D eigenvalue weighted by Gasteiger charge is -2.35. The van der Waals surface area contributed by atoms with Crippen molar-refractivity contribution in [3.8, 4) is 0 Å². The Morgan fingerprint density at radius 1 is 1.32 bits per heavy atom. The molecule has 3 aromatic rings. The highest BCUT2D eigenvalue weighted by Crippen LogP contribution is 2.31. The quantitative estimate of drug-likeness (QED) is 0.682. The van der Waals surface area contributed by atoms with E-state index in [-0.39, 0.29) is 6.04 Å². The normalized spacial score (nSPS) is 17.6. The lowest BCUT2D eigenvalue weighted by atomic mass is 10.0. The number of nitrogens with zero attached hydrogens (tertiary/aromatic N) is 4. The SMILES string of the molecule is Cn1cnc2c1C(COCc1cccnc1)N(Cc1cccs1)CC2. The van der Waals surface area contributed by atoms with E-state index < -0.39 is 0 Å². The molecule has 0 saturated carbocycles. The van der Waals surface area contributed by atoms with E-state index in [1.807, 2.05) is 36.0 Å². The van der Waals surface area contributed by atoms with Crippen molar-refractivity contribution in [2.75, 3.05) is 13.2 Å². The molecule has 6 heteroatoms. The van der Waals surface area contributed by atoms with Crippen LogP contribution in [0.5, 0.6) is 0 Å². The summed E-state index contributed by atoms with van der Waals surface area (Å²) < 4.78 is 8.22. The summed E-state index contributed by atoms with van der Waals surface area (Å²) in [4.78, 5) is 12.6. The maximum absolute atomic E-state index is 6.07. The van der Waals surface area contributed by atoms with Gasteiger partial charge in [0.25, 0.3) is 0 Å². The van der Waals surface area contributed by atoms with Crippen LogP contribution in [-0.4, -0.2) is 32.6 Å². The molecular formula is C19H22N4OS. The molecule has 1 atom stereocenters. The highest BCUT2D eigenvalue weighted by molar-refractivity contribution is 7.09. The average Bonchev–Trinajstić information content (AvgIpc) is 3.28. The molecule has 25 heavy (non-hydrogen) atoms. The van der Waals surface area contributed by atoms with E-state index >= 15 is 0 Å². The lowest BCUT2D eigenvalue weighted by Crippen LogP contribution is -2.38. The topological polar surface area (TPSA) is 43.2 Å². The summed E-state index contributed by atoms with van der Waals surface area (Å²) in [7, 11) is 2.08. The van der Waals surface area contributed by atoms with E-state index in [0.29, 0.717) is 13.2 Å². The van der Waals surface area contributed by atoms with Crippen LogP contribution in [0.25, 0.3) is 0 Å². The Morgan fingerprint density at radius 3 is 3.08 bits per heavy atom. The van der Waals surface area contributed by atoms with Crippen LogP contribution in [0.1, 0.15) is 27.9 Å². The molecule has 3 aromatic heterocycles. The maximum Gasteiger partial charge on any atom is 0.0949 e. The fourth-order valence-electron chi connectivity index (χ4n) is 3.43. The monoisotopic (exact) mass is 354 g/mol. The van der Waals surface area contributed by atoms with Gasteiger partial charge in [-0.05, 0) is 23.1 Å². The van der Waals surface area contributed by atoms with Crippen molar-refractivity contribution in [3.63, 3.8) is 0 Å². The second kappa shape index (κ2) is 7.47. The van der Waals surface area contributed by atoms with Gasteiger partial charge in [0.05, 0.1) is 37.0 Å². The summed E-state index contributed by atoms with van der Waals surface area (Å²) in [5.74, 6) is 0. The molecule has 1 aliphatic heterocycles. The van der Waals surface area contributed by atoms with Gasteiger partial charge in [-0.25, -0.2) is 4.98 Å². The van der Waals surface area contributed by atoms with Gasteiger partial charge in [-0.15, -0.1) is 11.3 Å². The molecule has 0 radical (unpaired) electrons. The molecule has 0 N–H and O–H groups in total. The second-order valence-corrected chi connectivity index (χ2v) is 7.41. The van der Waals surface area contributed by atoms with Gasteiger partial charge in [0.15, 0.2) is 0 Å². The number of rotatable bonds is 6. The van der Waals surface area contributed by atoms with Crippen LogP contribution in [0.3, 0.4) is 0 Å². The van der Waals surface area contributed by atoms with Crippen molar-refractivity contribution in [1.29, 1.82) is 0 Å². The molecular weight excluding hydrogens is 332 g/mol. The van der Waals surface area contributed by atoms with Gasteiger partial charge < -0.3 is 9.30 Å².